The van der Waals surface area contributed by atoms with Crippen molar-refractivity contribution in [1.82, 2.24) is 15.5 Å². The minimum Gasteiger partial charge on any atom is -0.505 e. The van der Waals surface area contributed by atoms with Gasteiger partial charge in [-0.15, -0.1) is 10.2 Å². The molecule has 0 atom stereocenters. The molecule has 0 bridgehead atoms. The van der Waals surface area contributed by atoms with E-state index < -0.39 is 29.0 Å². The molecule has 1 heterocycles. The van der Waals surface area contributed by atoms with Gasteiger partial charge in [-0.1, -0.05) is 11.6 Å². The highest BCUT2D eigenvalue weighted by Gasteiger charge is 2.19. The maximum atomic E-state index is 13.5. The zero-order valence-electron chi connectivity index (χ0n) is 11.6. The van der Waals surface area contributed by atoms with E-state index in [0.29, 0.717) is 6.07 Å². The Morgan fingerprint density at radius 3 is 2.52 bits per heavy atom. The number of nitrogens with zero attached hydrogens (tertiary/aromatic N) is 2. The van der Waals surface area contributed by atoms with Crippen molar-refractivity contribution in [3.05, 3.63) is 40.4 Å². The number of amides is 1. The van der Waals surface area contributed by atoms with Crippen LogP contribution in [0.2, 0.25) is 5.15 Å². The van der Waals surface area contributed by atoms with Crippen LogP contribution >= 0.6 is 11.6 Å². The number of hydrogen-bond donors (Lipinski definition) is 4. The summed E-state index contributed by atoms with van der Waals surface area (Å²) in [6.07, 6.45) is 0. The standard InChI is InChI=1S/C13H10ClFN4O4/c1-16-12(21)10-7(4-9(14)18-19-10)17-8-3-5(15)2-6(11(8)20)13(22)23/h2-4,20H,1H3,(H,16,21)(H,17,18)(H,22,23). The van der Waals surface area contributed by atoms with E-state index in [0.717, 1.165) is 6.07 Å². The first-order chi connectivity index (χ1) is 10.8. The van der Waals surface area contributed by atoms with Gasteiger partial charge in [0.05, 0.1) is 11.4 Å². The third kappa shape index (κ3) is 3.46. The number of nitrogens with one attached hydrogen (secondary N) is 2. The number of aromatic carboxylic acids is 1. The topological polar surface area (TPSA) is 124 Å². The first kappa shape index (κ1) is 16.4. The van der Waals surface area contributed by atoms with Crippen molar-refractivity contribution >= 4 is 34.9 Å². The van der Waals surface area contributed by atoms with Gasteiger partial charge < -0.3 is 20.8 Å². The van der Waals surface area contributed by atoms with Crippen molar-refractivity contribution in [3.8, 4) is 5.75 Å². The number of carbonyl (C=O) groups excluding carboxylic acids is 1. The van der Waals surface area contributed by atoms with Crippen LogP contribution in [0.3, 0.4) is 0 Å². The number of halogens is 2. The van der Waals surface area contributed by atoms with Crippen LogP contribution in [0.15, 0.2) is 18.2 Å². The molecule has 10 heteroatoms. The summed E-state index contributed by atoms with van der Waals surface area (Å²) in [5.74, 6) is -3.71. The Labute approximate surface area is 133 Å². The molecule has 0 unspecified atom stereocenters. The second-order valence-electron chi connectivity index (χ2n) is 4.29. The molecule has 23 heavy (non-hydrogen) atoms. The molecule has 2 aromatic rings. The lowest BCUT2D eigenvalue weighted by Crippen LogP contribution is -2.21. The molecule has 0 fully saturated rings. The Bertz CT molecular complexity index is 800. The molecule has 2 rings (SSSR count). The molecule has 0 aliphatic rings. The van der Waals surface area contributed by atoms with E-state index in [-0.39, 0.29) is 22.2 Å². The van der Waals surface area contributed by atoms with Crippen molar-refractivity contribution in [2.24, 2.45) is 0 Å². The van der Waals surface area contributed by atoms with Gasteiger partial charge in [0.2, 0.25) is 0 Å². The van der Waals surface area contributed by atoms with Crippen molar-refractivity contribution in [2.45, 2.75) is 0 Å². The van der Waals surface area contributed by atoms with Gasteiger partial charge in [-0.2, -0.15) is 0 Å². The average molecular weight is 341 g/mol. The summed E-state index contributed by atoms with van der Waals surface area (Å²) in [5, 5.41) is 30.8. The zero-order chi connectivity index (χ0) is 17.1. The van der Waals surface area contributed by atoms with Gasteiger partial charge in [0.25, 0.3) is 5.91 Å². The van der Waals surface area contributed by atoms with Crippen LogP contribution in [0.5, 0.6) is 5.75 Å². The molecule has 1 amide bonds. The fourth-order valence-corrected chi connectivity index (χ4v) is 1.90. The molecule has 0 saturated heterocycles. The maximum absolute atomic E-state index is 13.5. The van der Waals surface area contributed by atoms with Gasteiger partial charge in [0, 0.05) is 19.2 Å². The molecule has 0 spiro atoms. The third-order valence-corrected chi connectivity index (χ3v) is 2.97. The number of carboxylic acid groups (broad SMARTS) is 1. The lowest BCUT2D eigenvalue weighted by molar-refractivity contribution is 0.0693. The second kappa shape index (κ2) is 6.44. The molecule has 1 aromatic heterocycles. The molecule has 4 N–H and O–H groups in total. The SMILES string of the molecule is CNC(=O)c1nnc(Cl)cc1Nc1cc(F)cc(C(=O)O)c1O. The lowest BCUT2D eigenvalue weighted by Gasteiger charge is -2.13. The lowest BCUT2D eigenvalue weighted by atomic mass is 10.1. The fourth-order valence-electron chi connectivity index (χ4n) is 1.75. The van der Waals surface area contributed by atoms with E-state index in [4.69, 9.17) is 16.7 Å². The third-order valence-electron chi connectivity index (χ3n) is 2.78. The number of hydrogen-bond acceptors (Lipinski definition) is 6. The summed E-state index contributed by atoms with van der Waals surface area (Å²) < 4.78 is 13.5. The Kier molecular flexibility index (Phi) is 4.60. The van der Waals surface area contributed by atoms with Gasteiger partial charge in [-0.05, 0) is 6.07 Å². The maximum Gasteiger partial charge on any atom is 0.339 e. The molecule has 8 nitrogen and oxygen atoms in total. The molecule has 0 saturated carbocycles. The number of benzene rings is 1. The van der Waals surface area contributed by atoms with Crippen LogP contribution in [0.1, 0.15) is 20.8 Å². The molecule has 0 radical (unpaired) electrons. The normalized spacial score (nSPS) is 10.2. The highest BCUT2D eigenvalue weighted by Crippen LogP contribution is 2.32. The average Bonchev–Trinajstić information content (AvgIpc) is 2.49. The van der Waals surface area contributed by atoms with E-state index >= 15 is 0 Å². The van der Waals surface area contributed by atoms with Crippen molar-refractivity contribution < 1.29 is 24.2 Å². The van der Waals surface area contributed by atoms with Crippen LogP contribution < -0.4 is 10.6 Å². The number of rotatable bonds is 4. The smallest absolute Gasteiger partial charge is 0.339 e. The van der Waals surface area contributed by atoms with Gasteiger partial charge in [-0.25, -0.2) is 9.18 Å². The summed E-state index contributed by atoms with van der Waals surface area (Å²) in [6, 6.07) is 2.76. The Morgan fingerprint density at radius 2 is 1.91 bits per heavy atom. The molecular formula is C13H10ClFN4O4. The summed E-state index contributed by atoms with van der Waals surface area (Å²) in [6.45, 7) is 0. The number of phenols is 1. The summed E-state index contributed by atoms with van der Waals surface area (Å²) in [4.78, 5) is 22.7. The van der Waals surface area contributed by atoms with Crippen molar-refractivity contribution in [2.75, 3.05) is 12.4 Å². The minimum atomic E-state index is -1.51. The van der Waals surface area contributed by atoms with Crippen molar-refractivity contribution in [3.63, 3.8) is 0 Å². The van der Waals surface area contributed by atoms with Gasteiger partial charge >= 0.3 is 5.97 Å². The van der Waals surface area contributed by atoms with E-state index in [9.17, 15) is 19.1 Å². The van der Waals surface area contributed by atoms with E-state index in [1.165, 1.54) is 13.1 Å². The second-order valence-corrected chi connectivity index (χ2v) is 4.68. The predicted octanol–water partition coefficient (Wildman–Crippen LogP) is 1.78. The summed E-state index contributed by atoms with van der Waals surface area (Å²) in [5.41, 5.74) is -1.06. The number of carbonyl (C=O) groups is 2. The number of anilines is 2. The Balaban J connectivity index is 2.53. The molecule has 1 aromatic carbocycles. The number of aromatic nitrogens is 2. The summed E-state index contributed by atoms with van der Waals surface area (Å²) >= 11 is 5.71. The predicted molar refractivity (Wildman–Crippen MR) is 78.7 cm³/mol. The van der Waals surface area contributed by atoms with Gasteiger partial charge in [-0.3, -0.25) is 4.79 Å². The molecule has 120 valence electrons. The number of aromatic hydroxyl groups is 1. The molecular weight excluding hydrogens is 331 g/mol. The number of carboxylic acids is 1. The van der Waals surface area contributed by atoms with Gasteiger partial charge in [0.15, 0.2) is 16.6 Å². The minimum absolute atomic E-state index is 0.0154. The zero-order valence-corrected chi connectivity index (χ0v) is 12.3. The van der Waals surface area contributed by atoms with E-state index in [1.54, 1.807) is 0 Å². The monoisotopic (exact) mass is 340 g/mol. The first-order valence-corrected chi connectivity index (χ1v) is 6.49. The largest absolute Gasteiger partial charge is 0.505 e. The van der Waals surface area contributed by atoms with Gasteiger partial charge in [0.1, 0.15) is 11.4 Å². The van der Waals surface area contributed by atoms with Crippen LogP contribution in [0, 0.1) is 5.82 Å². The molecule has 0 aliphatic carbocycles. The quantitative estimate of drug-likeness (QED) is 0.625. The Hall–Kier alpha value is -2.94. The van der Waals surface area contributed by atoms with Crippen LogP contribution in [-0.4, -0.2) is 39.3 Å². The van der Waals surface area contributed by atoms with Crippen LogP contribution in [-0.2, 0) is 0 Å². The van der Waals surface area contributed by atoms with E-state index in [2.05, 4.69) is 20.8 Å². The van der Waals surface area contributed by atoms with Crippen LogP contribution in [0.25, 0.3) is 0 Å². The molecule has 0 aliphatic heterocycles. The highest BCUT2D eigenvalue weighted by atomic mass is 35.5. The van der Waals surface area contributed by atoms with E-state index in [1.807, 2.05) is 0 Å². The Morgan fingerprint density at radius 1 is 1.22 bits per heavy atom. The summed E-state index contributed by atoms with van der Waals surface area (Å²) in [7, 11) is 1.37. The fraction of sp³-hybridized carbons (Fsp3) is 0.0769. The first-order valence-electron chi connectivity index (χ1n) is 6.11. The highest BCUT2D eigenvalue weighted by molar-refractivity contribution is 6.29. The van der Waals surface area contributed by atoms with Crippen LogP contribution in [0.4, 0.5) is 15.8 Å². The van der Waals surface area contributed by atoms with Crippen molar-refractivity contribution in [1.29, 1.82) is 0 Å².